The highest BCUT2D eigenvalue weighted by Gasteiger charge is 2.24. The van der Waals surface area contributed by atoms with Gasteiger partial charge in [-0.3, -0.25) is 4.98 Å². The first-order valence-electron chi connectivity index (χ1n) is 16.1. The molecule has 10 heteroatoms. The molecule has 3 aromatic heterocycles. The predicted octanol–water partition coefficient (Wildman–Crippen LogP) is 8.37. The van der Waals surface area contributed by atoms with Crippen LogP contribution in [0.5, 0.6) is 23.0 Å². The minimum absolute atomic E-state index is 0.239. The van der Waals surface area contributed by atoms with E-state index in [2.05, 4.69) is 21.0 Å². The van der Waals surface area contributed by atoms with E-state index in [4.69, 9.17) is 20.3 Å². The molecule has 0 unspecified atom stereocenters. The number of nitrogens with two attached hydrogens (primary N) is 1. The van der Waals surface area contributed by atoms with E-state index in [0.717, 1.165) is 46.1 Å². The Morgan fingerprint density at radius 3 is 2.43 bits per heavy atom. The zero-order chi connectivity index (χ0) is 33.6. The SMILES string of the molecule is N#Cc1ccccc1COc1cccc(Oc2ccc(-c3nn(C4CCCC4)c4ncnc(N)c34)cc2)c1.Oc1cccc2cccnc12. The van der Waals surface area contributed by atoms with Gasteiger partial charge < -0.3 is 20.3 Å². The molecule has 8 rings (SSSR count). The Morgan fingerprint density at radius 1 is 0.837 bits per heavy atom. The van der Waals surface area contributed by atoms with Crippen molar-refractivity contribution >= 4 is 27.8 Å². The van der Waals surface area contributed by atoms with Gasteiger partial charge >= 0.3 is 0 Å². The number of aromatic nitrogens is 5. The lowest BCUT2D eigenvalue weighted by atomic mass is 10.1. The third-order valence-corrected chi connectivity index (χ3v) is 8.50. The lowest BCUT2D eigenvalue weighted by molar-refractivity contribution is 0.304. The fourth-order valence-corrected chi connectivity index (χ4v) is 6.05. The van der Waals surface area contributed by atoms with E-state index in [1.807, 2.05) is 89.6 Å². The van der Waals surface area contributed by atoms with Gasteiger partial charge in [-0.25, -0.2) is 14.6 Å². The molecule has 0 bridgehead atoms. The maximum atomic E-state index is 9.31. The molecule has 0 aliphatic heterocycles. The van der Waals surface area contributed by atoms with Crippen LogP contribution in [0.3, 0.4) is 0 Å². The number of nitrogen functional groups attached to an aromatic ring is 1. The van der Waals surface area contributed by atoms with Gasteiger partial charge in [-0.1, -0.05) is 55.3 Å². The Labute approximate surface area is 283 Å². The molecule has 1 saturated carbocycles. The molecular weight excluding hydrogens is 614 g/mol. The number of ether oxygens (including phenoxy) is 2. The number of nitrogens with zero attached hydrogens (tertiary/aromatic N) is 6. The second-order valence-electron chi connectivity index (χ2n) is 11.7. The van der Waals surface area contributed by atoms with Crippen molar-refractivity contribution < 1.29 is 14.6 Å². The fraction of sp³-hybridized carbons (Fsp3) is 0.154. The molecule has 1 fully saturated rings. The summed E-state index contributed by atoms with van der Waals surface area (Å²) in [6.45, 7) is 0.302. The van der Waals surface area contributed by atoms with Gasteiger partial charge in [0.25, 0.3) is 0 Å². The van der Waals surface area contributed by atoms with Crippen molar-refractivity contribution in [1.82, 2.24) is 24.7 Å². The highest BCUT2D eigenvalue weighted by Crippen LogP contribution is 2.37. The van der Waals surface area contributed by atoms with Gasteiger partial charge in [0.15, 0.2) is 5.65 Å². The average Bonchev–Trinajstić information content (AvgIpc) is 3.81. The van der Waals surface area contributed by atoms with Crippen LogP contribution in [0.4, 0.5) is 5.82 Å². The summed E-state index contributed by atoms with van der Waals surface area (Å²) in [6.07, 6.45) is 7.77. The molecule has 0 radical (unpaired) electrons. The van der Waals surface area contributed by atoms with E-state index in [9.17, 15) is 10.4 Å². The molecule has 10 nitrogen and oxygen atoms in total. The van der Waals surface area contributed by atoms with Crippen molar-refractivity contribution in [3.05, 3.63) is 127 Å². The fourth-order valence-electron chi connectivity index (χ4n) is 6.05. The highest BCUT2D eigenvalue weighted by molar-refractivity contribution is 5.98. The van der Waals surface area contributed by atoms with Crippen molar-refractivity contribution in [2.24, 2.45) is 0 Å². The monoisotopic (exact) mass is 647 g/mol. The highest BCUT2D eigenvalue weighted by atomic mass is 16.5. The number of pyridine rings is 1. The van der Waals surface area contributed by atoms with E-state index in [0.29, 0.717) is 46.8 Å². The quantitative estimate of drug-likeness (QED) is 0.174. The standard InChI is InChI=1S/C30H26N6O2.C9H7NO/c31-17-21-6-1-2-7-22(21)18-37-25-10-5-11-26(16-25)38-24-14-12-20(13-15-24)28-27-29(32)33-19-34-30(27)36(35-28)23-8-3-4-9-23;11-8-5-1-3-7-4-2-6-10-9(7)8/h1-2,5-7,10-16,19,23H,3-4,8-9,18H2,(H2,32,33,34);1-6,11H. The molecule has 0 saturated heterocycles. The van der Waals surface area contributed by atoms with E-state index in [1.165, 1.54) is 19.2 Å². The lowest BCUT2D eigenvalue weighted by Crippen LogP contribution is -2.07. The molecular formula is C39H33N7O3. The van der Waals surface area contributed by atoms with E-state index in [1.54, 1.807) is 24.4 Å². The van der Waals surface area contributed by atoms with Gasteiger partial charge in [0.05, 0.1) is 23.1 Å². The molecule has 242 valence electrons. The first-order chi connectivity index (χ1) is 24.1. The number of hydrogen-bond donors (Lipinski definition) is 2. The molecule has 3 N–H and O–H groups in total. The van der Waals surface area contributed by atoms with Crippen LogP contribution in [0.1, 0.15) is 42.9 Å². The second-order valence-corrected chi connectivity index (χ2v) is 11.7. The Balaban J connectivity index is 0.000000290. The third-order valence-electron chi connectivity index (χ3n) is 8.50. The minimum Gasteiger partial charge on any atom is -0.506 e. The van der Waals surface area contributed by atoms with E-state index >= 15 is 0 Å². The number of fused-ring (bicyclic) bond motifs is 2. The average molecular weight is 648 g/mol. The number of nitriles is 1. The maximum Gasteiger partial charge on any atom is 0.164 e. The summed E-state index contributed by atoms with van der Waals surface area (Å²) in [5.41, 5.74) is 10.9. The number of phenolic OH excluding ortho intramolecular Hbond substituents is 1. The van der Waals surface area contributed by atoms with Crippen molar-refractivity contribution in [1.29, 1.82) is 5.26 Å². The summed E-state index contributed by atoms with van der Waals surface area (Å²) in [5, 5.41) is 25.3. The summed E-state index contributed by atoms with van der Waals surface area (Å²) < 4.78 is 14.0. The summed E-state index contributed by atoms with van der Waals surface area (Å²) in [6, 6.07) is 34.3. The molecule has 4 aromatic carbocycles. The Morgan fingerprint density at radius 2 is 1.61 bits per heavy atom. The van der Waals surface area contributed by atoms with Gasteiger partial charge in [0.2, 0.25) is 0 Å². The number of phenols is 1. The Kier molecular flexibility index (Phi) is 8.97. The number of hydrogen-bond acceptors (Lipinski definition) is 9. The van der Waals surface area contributed by atoms with Gasteiger partial charge in [-0.05, 0) is 67.4 Å². The number of aromatic hydroxyl groups is 1. The summed E-state index contributed by atoms with van der Waals surface area (Å²) in [4.78, 5) is 12.8. The first-order valence-corrected chi connectivity index (χ1v) is 16.1. The van der Waals surface area contributed by atoms with Gasteiger partial charge in [-0.2, -0.15) is 10.4 Å². The van der Waals surface area contributed by atoms with Crippen LogP contribution in [-0.2, 0) is 6.61 Å². The number of anilines is 1. The predicted molar refractivity (Wildman–Crippen MR) is 188 cm³/mol. The van der Waals surface area contributed by atoms with Crippen LogP contribution in [0.2, 0.25) is 0 Å². The summed E-state index contributed by atoms with van der Waals surface area (Å²) in [5.74, 6) is 2.67. The Hall–Kier alpha value is -6.47. The van der Waals surface area contributed by atoms with Crippen LogP contribution in [0.25, 0.3) is 33.2 Å². The number of rotatable bonds is 7. The summed E-state index contributed by atoms with van der Waals surface area (Å²) >= 11 is 0. The third kappa shape index (κ3) is 6.82. The molecule has 1 aliphatic rings. The zero-order valence-corrected chi connectivity index (χ0v) is 26.6. The Bertz CT molecular complexity index is 2270. The van der Waals surface area contributed by atoms with Crippen molar-refractivity contribution in [2.75, 3.05) is 5.73 Å². The maximum absolute atomic E-state index is 9.31. The lowest BCUT2D eigenvalue weighted by Gasteiger charge is -2.11. The molecule has 1 aliphatic carbocycles. The molecule has 49 heavy (non-hydrogen) atoms. The molecule has 0 atom stereocenters. The largest absolute Gasteiger partial charge is 0.506 e. The van der Waals surface area contributed by atoms with Crippen molar-refractivity contribution in [3.63, 3.8) is 0 Å². The molecule has 0 amide bonds. The second kappa shape index (κ2) is 14.1. The normalized spacial score (nSPS) is 12.7. The van der Waals surface area contributed by atoms with Crippen LogP contribution in [-0.4, -0.2) is 29.8 Å². The van der Waals surface area contributed by atoms with E-state index < -0.39 is 0 Å². The van der Waals surface area contributed by atoms with Gasteiger partial charge in [0.1, 0.15) is 53.0 Å². The van der Waals surface area contributed by atoms with Gasteiger partial charge in [0, 0.05) is 28.8 Å². The molecule has 7 aromatic rings. The first kappa shape index (κ1) is 31.1. The minimum atomic E-state index is 0.239. The van der Waals surface area contributed by atoms with Crippen LogP contribution in [0.15, 0.2) is 116 Å². The van der Waals surface area contributed by atoms with Crippen molar-refractivity contribution in [3.8, 4) is 40.3 Å². The van der Waals surface area contributed by atoms with Crippen LogP contribution < -0.4 is 15.2 Å². The topological polar surface area (TPSA) is 145 Å². The van der Waals surface area contributed by atoms with Crippen LogP contribution in [0, 0.1) is 11.3 Å². The van der Waals surface area contributed by atoms with Crippen LogP contribution >= 0.6 is 0 Å². The number of benzene rings is 4. The number of para-hydroxylation sites is 1. The van der Waals surface area contributed by atoms with Crippen molar-refractivity contribution in [2.45, 2.75) is 38.3 Å². The summed E-state index contributed by atoms with van der Waals surface area (Å²) in [7, 11) is 0. The van der Waals surface area contributed by atoms with E-state index in [-0.39, 0.29) is 5.75 Å². The van der Waals surface area contributed by atoms with Gasteiger partial charge in [-0.15, -0.1) is 0 Å². The smallest absolute Gasteiger partial charge is 0.164 e. The zero-order valence-electron chi connectivity index (χ0n) is 26.6. The molecule has 3 heterocycles. The molecule has 0 spiro atoms.